The van der Waals surface area contributed by atoms with Crippen LogP contribution in [0.25, 0.3) is 33.1 Å². The van der Waals surface area contributed by atoms with E-state index in [-0.39, 0.29) is 11.7 Å². The number of nitrogens with zero attached hydrogens (tertiary/aromatic N) is 4. The number of aryl methyl sites for hydroxylation is 2. The van der Waals surface area contributed by atoms with Crippen LogP contribution in [0, 0.1) is 0 Å². The molecule has 1 aliphatic rings. The number of imidazole rings is 1. The van der Waals surface area contributed by atoms with Crippen LogP contribution in [-0.4, -0.2) is 38.9 Å². The molecule has 1 atom stereocenters. The van der Waals surface area contributed by atoms with Gasteiger partial charge in [-0.1, -0.05) is 0 Å². The average molecular weight is 379 g/mol. The van der Waals surface area contributed by atoms with E-state index in [1.165, 1.54) is 0 Å². The van der Waals surface area contributed by atoms with E-state index in [1.54, 1.807) is 29.5 Å². The highest BCUT2D eigenvalue weighted by Gasteiger charge is 2.29. The maximum Gasteiger partial charge on any atom is 0.329 e. The zero-order chi connectivity index (χ0) is 19.6. The second-order valence-electron chi connectivity index (χ2n) is 7.15. The highest BCUT2D eigenvalue weighted by molar-refractivity contribution is 6.10. The Labute approximate surface area is 160 Å². The number of ether oxygens (including phenoxy) is 2. The molecule has 0 aliphatic carbocycles. The third-order valence-electron chi connectivity index (χ3n) is 5.52. The van der Waals surface area contributed by atoms with Gasteiger partial charge in [0.05, 0.1) is 46.8 Å². The van der Waals surface area contributed by atoms with Crippen LogP contribution in [0.3, 0.4) is 0 Å². The number of rotatable bonds is 3. The van der Waals surface area contributed by atoms with Crippen molar-refractivity contribution < 1.29 is 9.47 Å². The molecule has 28 heavy (non-hydrogen) atoms. The molecule has 8 nitrogen and oxygen atoms in total. The van der Waals surface area contributed by atoms with E-state index in [1.807, 2.05) is 36.1 Å². The highest BCUT2D eigenvalue weighted by Crippen LogP contribution is 2.47. The first-order valence-corrected chi connectivity index (χ1v) is 9.11. The smallest absolute Gasteiger partial charge is 0.329 e. The topological polar surface area (TPSA) is 89.2 Å². The SMILES string of the molecule is COc1cc2ncc3c4c2c(c1-c1ccn(C)c1)OCC(CN)n4c(=O)n3C. The van der Waals surface area contributed by atoms with Crippen LogP contribution < -0.4 is 20.9 Å². The van der Waals surface area contributed by atoms with Crippen molar-refractivity contribution in [1.29, 1.82) is 0 Å². The fraction of sp³-hybridized carbons (Fsp3) is 0.300. The maximum atomic E-state index is 13.0. The zero-order valence-electron chi connectivity index (χ0n) is 16.0. The van der Waals surface area contributed by atoms with Crippen LogP contribution in [0.2, 0.25) is 0 Å². The number of hydrogen-bond acceptors (Lipinski definition) is 5. The summed E-state index contributed by atoms with van der Waals surface area (Å²) in [7, 11) is 5.36. The largest absolute Gasteiger partial charge is 0.496 e. The summed E-state index contributed by atoms with van der Waals surface area (Å²) in [5.41, 5.74) is 10.00. The lowest BCUT2D eigenvalue weighted by molar-refractivity contribution is 0.259. The van der Waals surface area contributed by atoms with Gasteiger partial charge in [0.15, 0.2) is 0 Å². The Morgan fingerprint density at radius 3 is 2.89 bits per heavy atom. The summed E-state index contributed by atoms with van der Waals surface area (Å²) < 4.78 is 17.3. The fourth-order valence-corrected chi connectivity index (χ4v) is 4.12. The van der Waals surface area contributed by atoms with Crippen molar-refractivity contribution in [2.75, 3.05) is 20.3 Å². The molecule has 4 aromatic rings. The molecular weight excluding hydrogens is 358 g/mol. The van der Waals surface area contributed by atoms with Crippen LogP contribution in [0.5, 0.6) is 11.5 Å². The minimum Gasteiger partial charge on any atom is -0.496 e. The molecule has 0 saturated heterocycles. The normalized spacial score (nSPS) is 15.9. The Morgan fingerprint density at radius 2 is 2.21 bits per heavy atom. The van der Waals surface area contributed by atoms with Gasteiger partial charge in [0.25, 0.3) is 0 Å². The molecule has 0 fully saturated rings. The lowest BCUT2D eigenvalue weighted by Crippen LogP contribution is -2.33. The third-order valence-corrected chi connectivity index (χ3v) is 5.52. The number of nitrogens with two attached hydrogens (primary N) is 1. The monoisotopic (exact) mass is 379 g/mol. The Hall–Kier alpha value is -3.26. The summed E-state index contributed by atoms with van der Waals surface area (Å²) >= 11 is 0. The zero-order valence-corrected chi connectivity index (χ0v) is 16.0. The standard InChI is InChI=1S/C20H21N5O3/c1-23-5-4-11(9-23)16-15(27-3)6-13-17-18-14(8-22-13)24(2)20(26)25(18)12(7-21)10-28-19(16)17/h4-6,8-9,12H,7,10,21H2,1-3H3. The van der Waals surface area contributed by atoms with Gasteiger partial charge in [0, 0.05) is 44.7 Å². The van der Waals surface area contributed by atoms with E-state index in [4.69, 9.17) is 15.2 Å². The first-order chi connectivity index (χ1) is 13.5. The number of methoxy groups -OCH3 is 1. The molecular formula is C20H21N5O3. The predicted octanol–water partition coefficient (Wildman–Crippen LogP) is 1.79. The summed E-state index contributed by atoms with van der Waals surface area (Å²) in [5.74, 6) is 1.35. The third kappa shape index (κ3) is 2.09. The quantitative estimate of drug-likeness (QED) is 0.586. The van der Waals surface area contributed by atoms with Crippen LogP contribution in [0.1, 0.15) is 6.04 Å². The van der Waals surface area contributed by atoms with Crippen molar-refractivity contribution in [1.82, 2.24) is 18.7 Å². The Morgan fingerprint density at radius 1 is 1.39 bits per heavy atom. The van der Waals surface area contributed by atoms with Crippen molar-refractivity contribution in [3.05, 3.63) is 41.2 Å². The first-order valence-electron chi connectivity index (χ1n) is 9.11. The molecule has 1 aromatic carbocycles. The van der Waals surface area contributed by atoms with Crippen molar-refractivity contribution in [3.8, 4) is 22.6 Å². The predicted molar refractivity (Wildman–Crippen MR) is 107 cm³/mol. The Kier molecular flexibility index (Phi) is 3.54. The molecule has 1 unspecified atom stereocenters. The summed E-state index contributed by atoms with van der Waals surface area (Å²) in [6.45, 7) is 0.598. The minimum absolute atomic E-state index is 0.117. The molecule has 0 radical (unpaired) electrons. The Bertz CT molecular complexity index is 1300. The van der Waals surface area contributed by atoms with E-state index in [9.17, 15) is 4.79 Å². The molecule has 2 N–H and O–H groups in total. The van der Waals surface area contributed by atoms with Gasteiger partial charge in [-0.2, -0.15) is 0 Å². The van der Waals surface area contributed by atoms with E-state index in [0.717, 1.165) is 33.1 Å². The summed E-state index contributed by atoms with van der Waals surface area (Å²) in [6, 6.07) is 3.65. The highest BCUT2D eigenvalue weighted by atomic mass is 16.5. The van der Waals surface area contributed by atoms with Crippen molar-refractivity contribution in [3.63, 3.8) is 0 Å². The van der Waals surface area contributed by atoms with Crippen LogP contribution in [0.15, 0.2) is 35.5 Å². The van der Waals surface area contributed by atoms with Crippen LogP contribution >= 0.6 is 0 Å². The van der Waals surface area contributed by atoms with Gasteiger partial charge in [-0.05, 0) is 6.07 Å². The van der Waals surface area contributed by atoms with Gasteiger partial charge in [0.2, 0.25) is 0 Å². The Balaban J connectivity index is 2.01. The second-order valence-corrected chi connectivity index (χ2v) is 7.15. The molecule has 8 heteroatoms. The van der Waals surface area contributed by atoms with Crippen molar-refractivity contribution >= 4 is 21.9 Å². The van der Waals surface area contributed by atoms with Crippen LogP contribution in [-0.2, 0) is 14.1 Å². The summed E-state index contributed by atoms with van der Waals surface area (Å²) in [6.07, 6.45) is 5.71. The molecule has 4 heterocycles. The molecule has 0 saturated carbocycles. The minimum atomic E-state index is -0.260. The molecule has 5 rings (SSSR count). The van der Waals surface area contributed by atoms with E-state index in [0.29, 0.717) is 24.7 Å². The lowest BCUT2D eigenvalue weighted by Gasteiger charge is -2.17. The molecule has 144 valence electrons. The number of benzene rings is 1. The van der Waals surface area contributed by atoms with Gasteiger partial charge in [0.1, 0.15) is 18.1 Å². The lowest BCUT2D eigenvalue weighted by atomic mass is 10.0. The van der Waals surface area contributed by atoms with E-state index < -0.39 is 0 Å². The number of hydrogen-bond donors (Lipinski definition) is 1. The summed E-state index contributed by atoms with van der Waals surface area (Å²) in [4.78, 5) is 17.5. The van der Waals surface area contributed by atoms with Gasteiger partial charge in [-0.3, -0.25) is 14.1 Å². The molecule has 0 amide bonds. The van der Waals surface area contributed by atoms with Crippen molar-refractivity contribution in [2.24, 2.45) is 19.8 Å². The molecule has 0 bridgehead atoms. The van der Waals surface area contributed by atoms with Gasteiger partial charge < -0.3 is 19.8 Å². The first kappa shape index (κ1) is 16.9. The molecule has 3 aromatic heterocycles. The van der Waals surface area contributed by atoms with Crippen LogP contribution in [0.4, 0.5) is 0 Å². The van der Waals surface area contributed by atoms with Gasteiger partial charge >= 0.3 is 5.69 Å². The summed E-state index contributed by atoms with van der Waals surface area (Å²) in [5, 5.41) is 0.811. The number of aromatic nitrogens is 4. The van der Waals surface area contributed by atoms with Gasteiger partial charge in [-0.25, -0.2) is 4.79 Å². The van der Waals surface area contributed by atoms with E-state index in [2.05, 4.69) is 4.98 Å². The average Bonchev–Trinajstić information content (AvgIpc) is 3.17. The molecule has 0 spiro atoms. The second kappa shape index (κ2) is 5.87. The van der Waals surface area contributed by atoms with Crippen molar-refractivity contribution in [2.45, 2.75) is 6.04 Å². The maximum absolute atomic E-state index is 13.0. The number of pyridine rings is 1. The van der Waals surface area contributed by atoms with E-state index >= 15 is 0 Å². The molecule has 1 aliphatic heterocycles. The fourth-order valence-electron chi connectivity index (χ4n) is 4.12. The van der Waals surface area contributed by atoms with Gasteiger partial charge in [-0.15, -0.1) is 0 Å².